The summed E-state index contributed by atoms with van der Waals surface area (Å²) < 4.78 is 53.6. The van der Waals surface area contributed by atoms with Gasteiger partial charge in [0.05, 0.1) is 4.90 Å². The number of piperazine rings is 1. The predicted octanol–water partition coefficient (Wildman–Crippen LogP) is 4.03. The first-order valence-electron chi connectivity index (χ1n) is 10.9. The molecule has 1 saturated heterocycles. The van der Waals surface area contributed by atoms with Crippen LogP contribution in [0, 0.1) is 18.6 Å². The van der Waals surface area contributed by atoms with E-state index < -0.39 is 27.6 Å². The molecule has 9 heteroatoms. The number of aryl methyl sites for hydroxylation is 1. The molecule has 6 nitrogen and oxygen atoms in total. The number of hydrogen-bond donors (Lipinski definition) is 1. The maximum absolute atomic E-state index is 13.3. The fraction of sp³-hybridized carbons (Fsp3) is 0.240. The van der Waals surface area contributed by atoms with Crippen LogP contribution in [0.15, 0.2) is 71.6 Å². The number of hydrogen-bond acceptors (Lipinski definition) is 4. The average molecular weight is 486 g/mol. The SMILES string of the molecule is Cc1ccc(S(=O)(=O)N2CCN(Cc3ccc(C(=O)Nc4ccc(F)c(F)c4)cc3)CC2)cc1. The van der Waals surface area contributed by atoms with Gasteiger partial charge in [0, 0.05) is 50.0 Å². The summed E-state index contributed by atoms with van der Waals surface area (Å²) in [6, 6.07) is 17.1. The molecular weight excluding hydrogens is 460 g/mol. The predicted molar refractivity (Wildman–Crippen MR) is 126 cm³/mol. The van der Waals surface area contributed by atoms with Gasteiger partial charge in [-0.05, 0) is 48.9 Å². The molecule has 0 atom stereocenters. The van der Waals surface area contributed by atoms with Crippen LogP contribution >= 0.6 is 0 Å². The van der Waals surface area contributed by atoms with Gasteiger partial charge in [-0.25, -0.2) is 17.2 Å². The van der Waals surface area contributed by atoms with Crippen molar-refractivity contribution in [3.63, 3.8) is 0 Å². The summed E-state index contributed by atoms with van der Waals surface area (Å²) >= 11 is 0. The lowest BCUT2D eigenvalue weighted by Gasteiger charge is -2.34. The Morgan fingerprint density at radius 3 is 2.15 bits per heavy atom. The summed E-state index contributed by atoms with van der Waals surface area (Å²) in [5.74, 6) is -2.43. The van der Waals surface area contributed by atoms with Crippen molar-refractivity contribution < 1.29 is 22.0 Å². The minimum absolute atomic E-state index is 0.173. The number of carbonyl (C=O) groups is 1. The van der Waals surface area contributed by atoms with Gasteiger partial charge in [-0.3, -0.25) is 9.69 Å². The lowest BCUT2D eigenvalue weighted by molar-refractivity contribution is 0.102. The zero-order valence-electron chi connectivity index (χ0n) is 18.7. The van der Waals surface area contributed by atoms with Crippen LogP contribution < -0.4 is 5.32 Å². The minimum atomic E-state index is -3.50. The second-order valence-corrected chi connectivity index (χ2v) is 10.2. The molecule has 1 heterocycles. The number of nitrogens with one attached hydrogen (secondary N) is 1. The molecule has 0 saturated carbocycles. The van der Waals surface area contributed by atoms with E-state index in [1.165, 1.54) is 10.4 Å². The molecule has 0 radical (unpaired) electrons. The van der Waals surface area contributed by atoms with Crippen LogP contribution in [0.3, 0.4) is 0 Å². The topological polar surface area (TPSA) is 69.7 Å². The van der Waals surface area contributed by atoms with E-state index in [2.05, 4.69) is 10.2 Å². The number of rotatable bonds is 6. The van der Waals surface area contributed by atoms with Crippen LogP contribution in [-0.4, -0.2) is 49.7 Å². The molecule has 0 aromatic heterocycles. The Balaban J connectivity index is 1.31. The molecule has 1 amide bonds. The molecule has 34 heavy (non-hydrogen) atoms. The van der Waals surface area contributed by atoms with Gasteiger partial charge in [0.25, 0.3) is 5.91 Å². The van der Waals surface area contributed by atoms with Crippen molar-refractivity contribution in [3.05, 3.63) is 95.1 Å². The van der Waals surface area contributed by atoms with E-state index in [0.29, 0.717) is 43.2 Å². The number of benzene rings is 3. The maximum atomic E-state index is 13.3. The lowest BCUT2D eigenvalue weighted by atomic mass is 10.1. The molecule has 0 aliphatic carbocycles. The third kappa shape index (κ3) is 5.49. The molecule has 0 unspecified atom stereocenters. The van der Waals surface area contributed by atoms with Gasteiger partial charge in [0.2, 0.25) is 10.0 Å². The first-order valence-corrected chi connectivity index (χ1v) is 12.3. The third-order valence-electron chi connectivity index (χ3n) is 5.79. The summed E-state index contributed by atoms with van der Waals surface area (Å²) in [6.07, 6.45) is 0. The van der Waals surface area contributed by atoms with Crippen molar-refractivity contribution in [3.8, 4) is 0 Å². The van der Waals surface area contributed by atoms with Gasteiger partial charge in [-0.1, -0.05) is 29.8 Å². The smallest absolute Gasteiger partial charge is 0.255 e. The fourth-order valence-electron chi connectivity index (χ4n) is 3.78. The van der Waals surface area contributed by atoms with Crippen LogP contribution in [0.1, 0.15) is 21.5 Å². The highest BCUT2D eigenvalue weighted by Gasteiger charge is 2.28. The minimum Gasteiger partial charge on any atom is -0.322 e. The summed E-state index contributed by atoms with van der Waals surface area (Å²) in [4.78, 5) is 14.9. The largest absolute Gasteiger partial charge is 0.322 e. The number of carbonyl (C=O) groups excluding carboxylic acids is 1. The van der Waals surface area contributed by atoms with Crippen LogP contribution in [0.4, 0.5) is 14.5 Å². The molecule has 4 rings (SSSR count). The molecule has 3 aromatic carbocycles. The van der Waals surface area contributed by atoms with Gasteiger partial charge in [0.1, 0.15) is 0 Å². The van der Waals surface area contributed by atoms with E-state index in [-0.39, 0.29) is 5.69 Å². The van der Waals surface area contributed by atoms with E-state index in [0.717, 1.165) is 23.3 Å². The Morgan fingerprint density at radius 2 is 1.53 bits per heavy atom. The van der Waals surface area contributed by atoms with Gasteiger partial charge in [0.15, 0.2) is 11.6 Å². The molecule has 1 aliphatic heterocycles. The van der Waals surface area contributed by atoms with Crippen molar-refractivity contribution in [2.24, 2.45) is 0 Å². The zero-order valence-corrected chi connectivity index (χ0v) is 19.5. The Kier molecular flexibility index (Phi) is 7.06. The van der Waals surface area contributed by atoms with E-state index >= 15 is 0 Å². The van der Waals surface area contributed by atoms with Crippen LogP contribution in [0.25, 0.3) is 0 Å². The highest BCUT2D eigenvalue weighted by atomic mass is 32.2. The van der Waals surface area contributed by atoms with Gasteiger partial charge in [-0.15, -0.1) is 0 Å². The average Bonchev–Trinajstić information content (AvgIpc) is 2.82. The fourth-order valence-corrected chi connectivity index (χ4v) is 5.21. The monoisotopic (exact) mass is 485 g/mol. The van der Waals surface area contributed by atoms with Crippen molar-refractivity contribution in [2.75, 3.05) is 31.5 Å². The van der Waals surface area contributed by atoms with Gasteiger partial charge >= 0.3 is 0 Å². The molecule has 1 aliphatic rings. The van der Waals surface area contributed by atoms with Crippen molar-refractivity contribution in [1.29, 1.82) is 0 Å². The summed E-state index contributed by atoms with van der Waals surface area (Å²) in [7, 11) is -3.50. The molecule has 3 aromatic rings. The highest BCUT2D eigenvalue weighted by molar-refractivity contribution is 7.89. The first kappa shape index (κ1) is 24.0. The molecule has 1 fully saturated rings. The Labute approximate surface area is 197 Å². The first-order chi connectivity index (χ1) is 16.2. The molecule has 0 spiro atoms. The zero-order chi connectivity index (χ0) is 24.3. The maximum Gasteiger partial charge on any atom is 0.255 e. The van der Waals surface area contributed by atoms with Crippen molar-refractivity contribution >= 4 is 21.6 Å². The van der Waals surface area contributed by atoms with Gasteiger partial charge in [-0.2, -0.15) is 4.31 Å². The number of anilines is 1. The Hall–Kier alpha value is -3.14. The van der Waals surface area contributed by atoms with Crippen molar-refractivity contribution in [1.82, 2.24) is 9.21 Å². The Morgan fingerprint density at radius 1 is 0.882 bits per heavy atom. The third-order valence-corrected chi connectivity index (χ3v) is 7.70. The normalized spacial score (nSPS) is 15.3. The molecular formula is C25H25F2N3O3S. The number of sulfonamides is 1. The highest BCUT2D eigenvalue weighted by Crippen LogP contribution is 2.20. The van der Waals surface area contributed by atoms with Crippen LogP contribution in [-0.2, 0) is 16.6 Å². The summed E-state index contributed by atoms with van der Waals surface area (Å²) in [5, 5.41) is 2.54. The van der Waals surface area contributed by atoms with E-state index in [1.807, 2.05) is 19.1 Å². The second-order valence-electron chi connectivity index (χ2n) is 8.27. The van der Waals surface area contributed by atoms with E-state index in [4.69, 9.17) is 0 Å². The number of nitrogens with zero attached hydrogens (tertiary/aromatic N) is 2. The van der Waals surface area contributed by atoms with E-state index in [1.54, 1.807) is 36.4 Å². The van der Waals surface area contributed by atoms with Crippen LogP contribution in [0.5, 0.6) is 0 Å². The van der Waals surface area contributed by atoms with E-state index in [9.17, 15) is 22.0 Å². The summed E-state index contributed by atoms with van der Waals surface area (Å²) in [5.41, 5.74) is 2.56. The second kappa shape index (κ2) is 10.0. The summed E-state index contributed by atoms with van der Waals surface area (Å²) in [6.45, 7) is 4.56. The Bertz CT molecular complexity index is 1270. The quantitative estimate of drug-likeness (QED) is 0.572. The number of amides is 1. The number of halogens is 2. The lowest BCUT2D eigenvalue weighted by Crippen LogP contribution is -2.48. The standard InChI is InChI=1S/C25H25F2N3O3S/c1-18-2-9-22(10-3-18)34(32,33)30-14-12-29(13-15-30)17-19-4-6-20(7-5-19)25(31)28-21-8-11-23(26)24(27)16-21/h2-11,16H,12-15,17H2,1H3,(H,28,31). The molecule has 1 N–H and O–H groups in total. The molecule has 0 bridgehead atoms. The van der Waals surface area contributed by atoms with Gasteiger partial charge < -0.3 is 5.32 Å². The van der Waals surface area contributed by atoms with Crippen LogP contribution in [0.2, 0.25) is 0 Å². The van der Waals surface area contributed by atoms with Crippen molar-refractivity contribution in [2.45, 2.75) is 18.4 Å². The molecule has 178 valence electrons.